The van der Waals surface area contributed by atoms with E-state index in [9.17, 15) is 14.0 Å². The highest BCUT2D eigenvalue weighted by Crippen LogP contribution is 2.35. The smallest absolute Gasteiger partial charge is 0.410 e. The van der Waals surface area contributed by atoms with Gasteiger partial charge in [-0.3, -0.25) is 0 Å². The summed E-state index contributed by atoms with van der Waals surface area (Å²) >= 11 is 1.32. The van der Waals surface area contributed by atoms with Gasteiger partial charge in [-0.1, -0.05) is 0 Å². The van der Waals surface area contributed by atoms with Crippen LogP contribution in [0.3, 0.4) is 0 Å². The van der Waals surface area contributed by atoms with Gasteiger partial charge in [0.1, 0.15) is 22.3 Å². The van der Waals surface area contributed by atoms with E-state index in [0.717, 1.165) is 11.5 Å². The zero-order valence-electron chi connectivity index (χ0n) is 20.7. The van der Waals surface area contributed by atoms with Crippen LogP contribution in [0.15, 0.2) is 42.0 Å². The molecule has 11 heteroatoms. The van der Waals surface area contributed by atoms with Crippen LogP contribution in [0.4, 0.5) is 14.9 Å². The first-order valence-electron chi connectivity index (χ1n) is 11.8. The number of nitrogens with one attached hydrogen (secondary N) is 1. The summed E-state index contributed by atoms with van der Waals surface area (Å²) in [7, 11) is 0. The lowest BCUT2D eigenvalue weighted by Crippen LogP contribution is -2.58. The van der Waals surface area contributed by atoms with Crippen molar-refractivity contribution in [2.45, 2.75) is 51.8 Å². The molecule has 4 rings (SSSR count). The lowest BCUT2D eigenvalue weighted by Gasteiger charge is -2.46. The Morgan fingerprint density at radius 2 is 1.97 bits per heavy atom. The van der Waals surface area contributed by atoms with Crippen LogP contribution in [0.2, 0.25) is 0 Å². The number of imidazole rings is 1. The van der Waals surface area contributed by atoms with Crippen LogP contribution in [-0.2, 0) is 15.9 Å². The molecule has 192 valence electrons. The number of amides is 1. The lowest BCUT2D eigenvalue weighted by molar-refractivity contribution is 0.0102. The predicted octanol–water partition coefficient (Wildman–Crippen LogP) is 4.59. The van der Waals surface area contributed by atoms with Gasteiger partial charge < -0.3 is 24.3 Å². The third-order valence-corrected chi connectivity index (χ3v) is 6.60. The summed E-state index contributed by atoms with van der Waals surface area (Å²) in [5.41, 5.74) is 0.328. The van der Waals surface area contributed by atoms with Crippen LogP contribution in [0.1, 0.15) is 55.1 Å². The molecule has 2 atom stereocenters. The fourth-order valence-corrected chi connectivity index (χ4v) is 5.00. The molecule has 1 N–H and O–H groups in total. The summed E-state index contributed by atoms with van der Waals surface area (Å²) in [5, 5.41) is 2.30. The number of anilines is 1. The topological polar surface area (TPSA) is 101 Å². The number of hydrogen-bond acceptors (Lipinski definition) is 8. The molecule has 2 unspecified atom stereocenters. The molecule has 1 saturated heterocycles. The Balaban J connectivity index is 1.71. The first-order valence-corrected chi connectivity index (χ1v) is 12.6. The molecule has 1 amide bonds. The maximum atomic E-state index is 13.7. The van der Waals surface area contributed by atoms with Gasteiger partial charge in [0.2, 0.25) is 0 Å². The van der Waals surface area contributed by atoms with E-state index in [2.05, 4.69) is 19.9 Å². The Morgan fingerprint density at radius 1 is 1.22 bits per heavy atom. The van der Waals surface area contributed by atoms with E-state index in [1.807, 2.05) is 20.8 Å². The molecular formula is C25H30FN5O4S. The molecule has 1 fully saturated rings. The van der Waals surface area contributed by atoms with Crippen molar-refractivity contribution in [2.24, 2.45) is 0 Å². The zero-order chi connectivity index (χ0) is 25.9. The third kappa shape index (κ3) is 6.01. The number of piperazine rings is 1. The summed E-state index contributed by atoms with van der Waals surface area (Å²) in [5.74, 6) is -0.0950. The molecule has 1 aromatic carbocycles. The quantitative estimate of drug-likeness (QED) is 0.479. The molecule has 0 bridgehead atoms. The van der Waals surface area contributed by atoms with Crippen molar-refractivity contribution in [3.05, 3.63) is 64.4 Å². The normalized spacial score (nSPS) is 18.2. The van der Waals surface area contributed by atoms with Gasteiger partial charge in [-0.25, -0.2) is 23.9 Å². The number of nitrogens with zero attached hydrogens (tertiary/aromatic N) is 4. The maximum absolute atomic E-state index is 13.7. The number of H-pyrrole nitrogens is 1. The fourth-order valence-electron chi connectivity index (χ4n) is 4.11. The minimum absolute atomic E-state index is 0.220. The van der Waals surface area contributed by atoms with E-state index < -0.39 is 17.7 Å². The minimum atomic E-state index is -0.672. The van der Waals surface area contributed by atoms with Gasteiger partial charge in [-0.15, -0.1) is 11.3 Å². The first-order chi connectivity index (χ1) is 17.1. The van der Waals surface area contributed by atoms with Crippen LogP contribution in [0, 0.1) is 5.82 Å². The Morgan fingerprint density at radius 3 is 2.61 bits per heavy atom. The van der Waals surface area contributed by atoms with Crippen LogP contribution in [-0.4, -0.2) is 63.3 Å². The summed E-state index contributed by atoms with van der Waals surface area (Å²) in [6.07, 6.45) is 3.44. The number of aromatic amines is 1. The van der Waals surface area contributed by atoms with E-state index in [-0.39, 0.29) is 36.7 Å². The molecule has 36 heavy (non-hydrogen) atoms. The third-order valence-electron chi connectivity index (χ3n) is 5.66. The Hall–Kier alpha value is -3.47. The Kier molecular flexibility index (Phi) is 7.58. The maximum Gasteiger partial charge on any atom is 0.410 e. The molecule has 0 spiro atoms. The standard InChI is InChI=1S/C25H30FN5O4S/c1-5-34-23(32)19-15-36-22(29-19)20-14-31(24(33)35-25(2,3)4)18(12-21-27-10-11-28-21)13-30(20)17-8-6-16(26)7-9-17/h6-11,15,18,20H,5,12-14H2,1-4H3,(H,27,28). The number of halogens is 1. The summed E-state index contributed by atoms with van der Waals surface area (Å²) in [6.45, 7) is 8.14. The number of thiazole rings is 1. The van der Waals surface area contributed by atoms with Gasteiger partial charge in [0, 0.05) is 36.4 Å². The molecule has 2 aromatic heterocycles. The molecule has 3 heterocycles. The van der Waals surface area contributed by atoms with Gasteiger partial charge in [0.15, 0.2) is 5.69 Å². The van der Waals surface area contributed by atoms with E-state index in [1.54, 1.807) is 41.7 Å². The molecular weight excluding hydrogens is 485 g/mol. The molecule has 1 aliphatic heterocycles. The van der Waals surface area contributed by atoms with Crippen molar-refractivity contribution in [2.75, 3.05) is 24.6 Å². The summed E-state index contributed by atoms with van der Waals surface area (Å²) in [4.78, 5) is 41.4. The van der Waals surface area contributed by atoms with Crippen LogP contribution < -0.4 is 4.90 Å². The predicted molar refractivity (Wildman–Crippen MR) is 134 cm³/mol. The van der Waals surface area contributed by atoms with E-state index in [1.165, 1.54) is 23.5 Å². The largest absolute Gasteiger partial charge is 0.461 e. The first kappa shape index (κ1) is 25.6. The number of carbonyl (C=O) groups is 2. The van der Waals surface area contributed by atoms with Crippen LogP contribution in [0.25, 0.3) is 0 Å². The summed E-state index contributed by atoms with van der Waals surface area (Å²) < 4.78 is 24.6. The van der Waals surface area contributed by atoms with Crippen molar-refractivity contribution >= 4 is 29.1 Å². The average molecular weight is 516 g/mol. The van der Waals surface area contributed by atoms with Gasteiger partial charge >= 0.3 is 12.1 Å². The number of hydrogen-bond donors (Lipinski definition) is 1. The molecule has 1 aliphatic rings. The second kappa shape index (κ2) is 10.7. The highest BCUT2D eigenvalue weighted by Gasteiger charge is 2.41. The number of aromatic nitrogens is 3. The average Bonchev–Trinajstić information content (AvgIpc) is 3.51. The van der Waals surface area contributed by atoms with Gasteiger partial charge in [0.05, 0.1) is 25.2 Å². The summed E-state index contributed by atoms with van der Waals surface area (Å²) in [6, 6.07) is 5.55. The fraction of sp³-hybridized carbons (Fsp3) is 0.440. The Labute approximate surface area is 213 Å². The van der Waals surface area contributed by atoms with Crippen LogP contribution >= 0.6 is 11.3 Å². The van der Waals surface area contributed by atoms with Crippen molar-refractivity contribution in [3.63, 3.8) is 0 Å². The number of esters is 1. The molecule has 0 saturated carbocycles. The van der Waals surface area contributed by atoms with E-state index in [4.69, 9.17) is 9.47 Å². The monoisotopic (exact) mass is 515 g/mol. The minimum Gasteiger partial charge on any atom is -0.461 e. The van der Waals surface area contributed by atoms with Crippen molar-refractivity contribution < 1.29 is 23.5 Å². The zero-order valence-corrected chi connectivity index (χ0v) is 21.5. The Bertz CT molecular complexity index is 1180. The highest BCUT2D eigenvalue weighted by atomic mass is 32.1. The van der Waals surface area contributed by atoms with Crippen molar-refractivity contribution in [3.8, 4) is 0 Å². The number of carbonyl (C=O) groups excluding carboxylic acids is 2. The van der Waals surface area contributed by atoms with Gasteiger partial charge in [-0.05, 0) is 52.0 Å². The van der Waals surface area contributed by atoms with Crippen molar-refractivity contribution in [1.29, 1.82) is 0 Å². The van der Waals surface area contributed by atoms with E-state index >= 15 is 0 Å². The lowest BCUT2D eigenvalue weighted by atomic mass is 10.0. The molecule has 0 radical (unpaired) electrons. The number of rotatable bonds is 6. The van der Waals surface area contributed by atoms with Gasteiger partial charge in [-0.2, -0.15) is 0 Å². The van der Waals surface area contributed by atoms with E-state index in [0.29, 0.717) is 18.0 Å². The van der Waals surface area contributed by atoms with Crippen LogP contribution in [0.5, 0.6) is 0 Å². The SMILES string of the molecule is CCOC(=O)c1csc(C2CN(C(=O)OC(C)(C)C)C(Cc3ncc[nH]3)CN2c2ccc(F)cc2)n1. The number of benzene rings is 1. The second-order valence-electron chi connectivity index (χ2n) is 9.46. The molecule has 9 nitrogen and oxygen atoms in total. The van der Waals surface area contributed by atoms with Gasteiger partial charge in [0.25, 0.3) is 0 Å². The molecule has 0 aliphatic carbocycles. The van der Waals surface area contributed by atoms with Crippen molar-refractivity contribution in [1.82, 2.24) is 19.9 Å². The number of ether oxygens (including phenoxy) is 2. The molecule has 3 aromatic rings. The second-order valence-corrected chi connectivity index (χ2v) is 10.4. The highest BCUT2D eigenvalue weighted by molar-refractivity contribution is 7.10.